The van der Waals surface area contributed by atoms with Crippen LogP contribution < -0.4 is 5.73 Å². The van der Waals surface area contributed by atoms with E-state index in [0.29, 0.717) is 12.1 Å². The summed E-state index contributed by atoms with van der Waals surface area (Å²) in [5.74, 6) is -0.209. The average molecular weight is 357 g/mol. The molecule has 0 spiro atoms. The fourth-order valence-electron chi connectivity index (χ4n) is 2.29. The van der Waals surface area contributed by atoms with Crippen molar-refractivity contribution in [1.29, 1.82) is 0 Å². The topological polar surface area (TPSA) is 29.3 Å². The van der Waals surface area contributed by atoms with Gasteiger partial charge in [-0.25, -0.2) is 4.39 Å². The number of benzene rings is 1. The molecule has 108 valence electrons. The van der Waals surface area contributed by atoms with Gasteiger partial charge >= 0.3 is 0 Å². The van der Waals surface area contributed by atoms with Gasteiger partial charge < -0.3 is 5.73 Å². The number of hydrogen-bond donors (Lipinski definition) is 1. The zero-order chi connectivity index (χ0) is 14.5. The van der Waals surface area contributed by atoms with Gasteiger partial charge in [0.2, 0.25) is 0 Å². The summed E-state index contributed by atoms with van der Waals surface area (Å²) >= 11 is 5.00. The highest BCUT2D eigenvalue weighted by atomic mass is 79.9. The van der Waals surface area contributed by atoms with Gasteiger partial charge in [0.25, 0.3) is 0 Å². The van der Waals surface area contributed by atoms with Crippen molar-refractivity contribution in [1.82, 2.24) is 4.90 Å². The molecule has 2 aromatic rings. The van der Waals surface area contributed by atoms with E-state index in [2.05, 4.69) is 39.2 Å². The van der Waals surface area contributed by atoms with Gasteiger partial charge in [-0.2, -0.15) is 0 Å². The predicted molar refractivity (Wildman–Crippen MR) is 86.3 cm³/mol. The highest BCUT2D eigenvalue weighted by Gasteiger charge is 2.21. The molecule has 2 N–H and O–H groups in total. The van der Waals surface area contributed by atoms with Gasteiger partial charge in [-0.15, -0.1) is 11.3 Å². The number of hydrogen-bond acceptors (Lipinski definition) is 3. The number of nitrogens with two attached hydrogens (primary N) is 1. The quantitative estimate of drug-likeness (QED) is 0.841. The third-order valence-corrected chi connectivity index (χ3v) is 4.69. The average Bonchev–Trinajstić information content (AvgIpc) is 2.93. The van der Waals surface area contributed by atoms with Crippen LogP contribution in [0.4, 0.5) is 4.39 Å². The van der Waals surface area contributed by atoms with Crippen LogP contribution in [0.3, 0.4) is 0 Å². The number of rotatable bonds is 6. The van der Waals surface area contributed by atoms with Crippen LogP contribution in [0.25, 0.3) is 0 Å². The maximum Gasteiger partial charge on any atom is 0.129 e. The summed E-state index contributed by atoms with van der Waals surface area (Å²) in [7, 11) is 0. The molecule has 20 heavy (non-hydrogen) atoms. The summed E-state index contributed by atoms with van der Waals surface area (Å²) in [4.78, 5) is 3.47. The van der Waals surface area contributed by atoms with E-state index in [0.717, 1.165) is 17.6 Å². The first-order chi connectivity index (χ1) is 9.65. The first-order valence-electron chi connectivity index (χ1n) is 6.57. The first-order valence-corrected chi connectivity index (χ1v) is 8.24. The molecule has 2 nitrogen and oxygen atoms in total. The number of halogens is 2. The van der Waals surface area contributed by atoms with Crippen molar-refractivity contribution in [2.24, 2.45) is 5.73 Å². The second kappa shape index (κ2) is 7.31. The highest BCUT2D eigenvalue weighted by Crippen LogP contribution is 2.27. The van der Waals surface area contributed by atoms with Gasteiger partial charge in [-0.1, -0.05) is 35.0 Å². The van der Waals surface area contributed by atoms with E-state index in [9.17, 15) is 4.39 Å². The van der Waals surface area contributed by atoms with Gasteiger partial charge in [-0.05, 0) is 30.1 Å². The van der Waals surface area contributed by atoms with E-state index in [1.54, 1.807) is 11.3 Å². The highest BCUT2D eigenvalue weighted by molar-refractivity contribution is 9.10. The summed E-state index contributed by atoms with van der Waals surface area (Å²) in [6.45, 7) is 4.10. The maximum absolute atomic E-state index is 14.2. The molecular weight excluding hydrogens is 339 g/mol. The standard InChI is InChI=1S/C15H18BrFN2S/c1-2-19(10-12-4-3-7-20-12)15(9-18)13-6-5-11(16)8-14(13)17/h3-8,15H,2,9-10,18H2,1H3. The Morgan fingerprint density at radius 1 is 1.40 bits per heavy atom. The maximum atomic E-state index is 14.2. The molecule has 0 fully saturated rings. The van der Waals surface area contributed by atoms with Crippen molar-refractivity contribution >= 4 is 27.3 Å². The number of nitrogens with zero attached hydrogens (tertiary/aromatic N) is 1. The lowest BCUT2D eigenvalue weighted by Crippen LogP contribution is -2.33. The van der Waals surface area contributed by atoms with Gasteiger partial charge in [0, 0.05) is 28.0 Å². The third-order valence-electron chi connectivity index (χ3n) is 3.33. The van der Waals surface area contributed by atoms with Crippen molar-refractivity contribution in [2.45, 2.75) is 19.5 Å². The fourth-order valence-corrected chi connectivity index (χ4v) is 3.35. The molecule has 1 unspecified atom stereocenters. The monoisotopic (exact) mass is 356 g/mol. The molecule has 1 heterocycles. The lowest BCUT2D eigenvalue weighted by atomic mass is 10.0. The second-order valence-electron chi connectivity index (χ2n) is 4.56. The third kappa shape index (κ3) is 3.67. The molecule has 1 atom stereocenters. The molecule has 5 heteroatoms. The van der Waals surface area contributed by atoms with Crippen molar-refractivity contribution in [3.8, 4) is 0 Å². The molecule has 0 aliphatic rings. The van der Waals surface area contributed by atoms with Crippen molar-refractivity contribution < 1.29 is 4.39 Å². The Balaban J connectivity index is 2.24. The molecule has 2 rings (SSSR count). The second-order valence-corrected chi connectivity index (χ2v) is 6.51. The summed E-state index contributed by atoms with van der Waals surface area (Å²) in [6, 6.07) is 9.20. The summed E-state index contributed by atoms with van der Waals surface area (Å²) in [5, 5.41) is 2.06. The molecule has 0 aliphatic carbocycles. The Labute approximate surface area is 131 Å². The molecule has 0 saturated heterocycles. The molecule has 0 saturated carbocycles. The Kier molecular flexibility index (Phi) is 5.72. The summed E-state index contributed by atoms with van der Waals surface area (Å²) in [5.41, 5.74) is 6.56. The van der Waals surface area contributed by atoms with E-state index >= 15 is 0 Å². The van der Waals surface area contributed by atoms with E-state index < -0.39 is 0 Å². The largest absolute Gasteiger partial charge is 0.329 e. The first kappa shape index (κ1) is 15.6. The van der Waals surface area contributed by atoms with Crippen LogP contribution in [0, 0.1) is 5.82 Å². The van der Waals surface area contributed by atoms with Crippen LogP contribution >= 0.6 is 27.3 Å². The normalized spacial score (nSPS) is 12.8. The lowest BCUT2D eigenvalue weighted by Gasteiger charge is -2.30. The lowest BCUT2D eigenvalue weighted by molar-refractivity contribution is 0.201. The van der Waals surface area contributed by atoms with Crippen molar-refractivity contribution in [3.63, 3.8) is 0 Å². The van der Waals surface area contributed by atoms with Gasteiger partial charge in [0.15, 0.2) is 0 Å². The van der Waals surface area contributed by atoms with Crippen LogP contribution in [0.1, 0.15) is 23.4 Å². The van der Waals surface area contributed by atoms with Crippen LogP contribution in [0.5, 0.6) is 0 Å². The molecule has 1 aromatic carbocycles. The zero-order valence-electron chi connectivity index (χ0n) is 11.4. The minimum atomic E-state index is -0.209. The van der Waals surface area contributed by atoms with E-state index in [-0.39, 0.29) is 11.9 Å². The SMILES string of the molecule is CCN(Cc1cccs1)C(CN)c1ccc(Br)cc1F. The number of thiophene rings is 1. The van der Waals surface area contributed by atoms with Crippen molar-refractivity contribution in [3.05, 3.63) is 56.4 Å². The van der Waals surface area contributed by atoms with Crippen LogP contribution in [-0.4, -0.2) is 18.0 Å². The Morgan fingerprint density at radius 3 is 2.75 bits per heavy atom. The van der Waals surface area contributed by atoms with E-state index in [1.807, 2.05) is 18.2 Å². The molecule has 0 aliphatic heterocycles. The minimum Gasteiger partial charge on any atom is -0.329 e. The van der Waals surface area contributed by atoms with Gasteiger partial charge in [0.1, 0.15) is 5.82 Å². The summed E-state index contributed by atoms with van der Waals surface area (Å²) in [6.07, 6.45) is 0. The summed E-state index contributed by atoms with van der Waals surface area (Å²) < 4.78 is 14.9. The van der Waals surface area contributed by atoms with Gasteiger partial charge in [0.05, 0.1) is 6.04 Å². The Bertz CT molecular complexity index is 545. The van der Waals surface area contributed by atoms with Crippen LogP contribution in [0.2, 0.25) is 0 Å². The van der Waals surface area contributed by atoms with E-state index in [1.165, 1.54) is 10.9 Å². The minimum absolute atomic E-state index is 0.102. The number of likely N-dealkylation sites (N-methyl/N-ethyl adjacent to an activating group) is 1. The molecule has 1 aromatic heterocycles. The fraction of sp³-hybridized carbons (Fsp3) is 0.333. The van der Waals surface area contributed by atoms with E-state index in [4.69, 9.17) is 5.73 Å². The molecule has 0 bridgehead atoms. The van der Waals surface area contributed by atoms with Gasteiger partial charge in [-0.3, -0.25) is 4.90 Å². The van der Waals surface area contributed by atoms with Crippen LogP contribution in [-0.2, 0) is 6.54 Å². The molecule has 0 radical (unpaired) electrons. The predicted octanol–water partition coefficient (Wildman–Crippen LogP) is 4.17. The smallest absolute Gasteiger partial charge is 0.129 e. The Hall–Kier alpha value is -0.750. The van der Waals surface area contributed by atoms with Crippen molar-refractivity contribution in [2.75, 3.05) is 13.1 Å². The molecular formula is C15H18BrFN2S. The zero-order valence-corrected chi connectivity index (χ0v) is 13.8. The Morgan fingerprint density at radius 2 is 2.20 bits per heavy atom. The molecule has 0 amide bonds. The van der Waals surface area contributed by atoms with Crippen LogP contribution in [0.15, 0.2) is 40.2 Å².